The largest absolute Gasteiger partial charge is 0.0654 e. The van der Waals surface area contributed by atoms with Crippen molar-refractivity contribution in [3.05, 3.63) is 6.92 Å². The number of rotatable bonds is 15. The fraction of sp³-hybridized carbons (Fsp3) is 0.950. The normalized spacial score (nSPS) is 14.4. The lowest BCUT2D eigenvalue weighted by Crippen LogP contribution is -2.04. The van der Waals surface area contributed by atoms with Gasteiger partial charge in [-0.05, 0) is 11.8 Å². The summed E-state index contributed by atoms with van der Waals surface area (Å²) in [7, 11) is 0. The maximum absolute atomic E-state index is 4.38. The molecule has 0 amide bonds. The molecule has 0 saturated heterocycles. The van der Waals surface area contributed by atoms with Crippen molar-refractivity contribution in [3.63, 3.8) is 0 Å². The van der Waals surface area contributed by atoms with E-state index in [1.165, 1.54) is 89.9 Å². The Hall–Kier alpha value is 0. The zero-order valence-electron chi connectivity index (χ0n) is 14.8. The molecule has 121 valence electrons. The number of hydrogen-bond acceptors (Lipinski definition) is 0. The van der Waals surface area contributed by atoms with Crippen molar-refractivity contribution in [2.75, 3.05) is 0 Å². The van der Waals surface area contributed by atoms with Crippen LogP contribution < -0.4 is 0 Å². The first-order valence-corrected chi connectivity index (χ1v) is 9.57. The highest BCUT2D eigenvalue weighted by atomic mass is 14.2. The summed E-state index contributed by atoms with van der Waals surface area (Å²) in [6, 6.07) is 0. The smallest absolute Gasteiger partial charge is 0.0414 e. The second-order valence-electron chi connectivity index (χ2n) is 6.80. The van der Waals surface area contributed by atoms with Crippen molar-refractivity contribution in [1.29, 1.82) is 0 Å². The van der Waals surface area contributed by atoms with Crippen LogP contribution in [-0.2, 0) is 0 Å². The van der Waals surface area contributed by atoms with E-state index in [-0.39, 0.29) is 0 Å². The van der Waals surface area contributed by atoms with E-state index in [1.54, 1.807) is 0 Å². The Labute approximate surface area is 130 Å². The van der Waals surface area contributed by atoms with E-state index in [0.29, 0.717) is 5.92 Å². The second-order valence-corrected chi connectivity index (χ2v) is 6.80. The van der Waals surface area contributed by atoms with Crippen LogP contribution in [0.3, 0.4) is 0 Å². The van der Waals surface area contributed by atoms with E-state index in [0.717, 1.165) is 5.92 Å². The molecule has 0 aliphatic heterocycles. The Morgan fingerprint density at radius 2 is 1.15 bits per heavy atom. The van der Waals surface area contributed by atoms with Crippen LogP contribution in [0.5, 0.6) is 0 Å². The third-order valence-corrected chi connectivity index (χ3v) is 4.61. The molecule has 0 aliphatic carbocycles. The van der Waals surface area contributed by atoms with Crippen molar-refractivity contribution < 1.29 is 0 Å². The van der Waals surface area contributed by atoms with Gasteiger partial charge in [-0.2, -0.15) is 0 Å². The average Bonchev–Trinajstić information content (AvgIpc) is 2.45. The molecule has 0 aliphatic rings. The number of hydrogen-bond donors (Lipinski definition) is 0. The van der Waals surface area contributed by atoms with Crippen molar-refractivity contribution in [2.45, 2.75) is 111 Å². The molecule has 0 nitrogen and oxygen atoms in total. The summed E-state index contributed by atoms with van der Waals surface area (Å²) in [5, 5.41) is 0. The Morgan fingerprint density at radius 1 is 0.550 bits per heavy atom. The third-order valence-electron chi connectivity index (χ3n) is 4.61. The van der Waals surface area contributed by atoms with Crippen LogP contribution in [0, 0.1) is 18.8 Å². The van der Waals surface area contributed by atoms with Crippen molar-refractivity contribution >= 4 is 0 Å². The molecule has 0 rings (SSSR count). The Kier molecular flexibility index (Phi) is 15.4. The highest BCUT2D eigenvalue weighted by Gasteiger charge is 2.10. The van der Waals surface area contributed by atoms with E-state index >= 15 is 0 Å². The van der Waals surface area contributed by atoms with Crippen LogP contribution in [0.15, 0.2) is 0 Å². The predicted octanol–water partition coefficient (Wildman–Crippen LogP) is 7.57. The summed E-state index contributed by atoms with van der Waals surface area (Å²) < 4.78 is 0. The van der Waals surface area contributed by atoms with Gasteiger partial charge in [-0.15, -0.1) is 0 Å². The Balaban J connectivity index is 3.65. The van der Waals surface area contributed by atoms with E-state index < -0.39 is 0 Å². The summed E-state index contributed by atoms with van der Waals surface area (Å²) >= 11 is 0. The SMILES string of the molecule is [CH2]C(CCCCCC)CCC(CCC)CCCCCC. The Morgan fingerprint density at radius 3 is 1.70 bits per heavy atom. The standard InChI is InChI=1S/C20H41/c1-5-8-10-12-15-19(4)17-18-20(14-7-3)16-13-11-9-6-2/h19-20H,4-18H2,1-3H3. The summed E-state index contributed by atoms with van der Waals surface area (Å²) in [5.74, 6) is 1.69. The zero-order chi connectivity index (χ0) is 15.1. The molecule has 0 heteroatoms. The number of unbranched alkanes of at least 4 members (excludes halogenated alkanes) is 6. The molecule has 0 aromatic heterocycles. The molecule has 2 unspecified atom stereocenters. The van der Waals surface area contributed by atoms with Crippen molar-refractivity contribution in [1.82, 2.24) is 0 Å². The molecule has 20 heavy (non-hydrogen) atoms. The molecule has 0 fully saturated rings. The fourth-order valence-electron chi connectivity index (χ4n) is 3.18. The third kappa shape index (κ3) is 13.0. The maximum Gasteiger partial charge on any atom is -0.0414 e. The van der Waals surface area contributed by atoms with E-state index in [1.807, 2.05) is 0 Å². The van der Waals surface area contributed by atoms with Gasteiger partial charge in [0.15, 0.2) is 0 Å². The van der Waals surface area contributed by atoms with Gasteiger partial charge < -0.3 is 0 Å². The molecule has 2 atom stereocenters. The van der Waals surface area contributed by atoms with Gasteiger partial charge in [0, 0.05) is 0 Å². The fourth-order valence-corrected chi connectivity index (χ4v) is 3.18. The van der Waals surface area contributed by atoms with Gasteiger partial charge in [0.05, 0.1) is 0 Å². The lowest BCUT2D eigenvalue weighted by Gasteiger charge is -2.19. The zero-order valence-corrected chi connectivity index (χ0v) is 14.8. The molecular weight excluding hydrogens is 240 g/mol. The highest BCUT2D eigenvalue weighted by molar-refractivity contribution is 4.67. The summed E-state index contributed by atoms with van der Waals surface area (Å²) in [6.07, 6.45) is 19.7. The minimum absolute atomic E-state index is 0.710. The molecule has 0 aromatic carbocycles. The lowest BCUT2D eigenvalue weighted by atomic mass is 9.87. The van der Waals surface area contributed by atoms with E-state index in [4.69, 9.17) is 0 Å². The quantitative estimate of drug-likeness (QED) is 0.271. The first kappa shape index (κ1) is 20.0. The molecule has 0 spiro atoms. The molecule has 0 aromatic rings. The minimum Gasteiger partial charge on any atom is -0.0654 e. The van der Waals surface area contributed by atoms with Crippen LogP contribution >= 0.6 is 0 Å². The monoisotopic (exact) mass is 281 g/mol. The van der Waals surface area contributed by atoms with Gasteiger partial charge in [-0.25, -0.2) is 0 Å². The predicted molar refractivity (Wildman–Crippen MR) is 94.0 cm³/mol. The van der Waals surface area contributed by atoms with Gasteiger partial charge >= 0.3 is 0 Å². The molecule has 1 radical (unpaired) electrons. The Bertz CT molecular complexity index is 173. The van der Waals surface area contributed by atoms with Gasteiger partial charge in [-0.3, -0.25) is 0 Å². The molecular formula is C20H41. The lowest BCUT2D eigenvalue weighted by molar-refractivity contribution is 0.355. The van der Waals surface area contributed by atoms with Gasteiger partial charge in [0.1, 0.15) is 0 Å². The van der Waals surface area contributed by atoms with Gasteiger partial charge in [0.25, 0.3) is 0 Å². The first-order valence-electron chi connectivity index (χ1n) is 9.57. The topological polar surface area (TPSA) is 0 Å². The maximum atomic E-state index is 4.38. The van der Waals surface area contributed by atoms with Gasteiger partial charge in [-0.1, -0.05) is 118 Å². The molecule has 0 N–H and O–H groups in total. The summed E-state index contributed by atoms with van der Waals surface area (Å²) in [6.45, 7) is 11.3. The van der Waals surface area contributed by atoms with Crippen LogP contribution in [-0.4, -0.2) is 0 Å². The summed E-state index contributed by atoms with van der Waals surface area (Å²) in [5.41, 5.74) is 0. The van der Waals surface area contributed by atoms with Crippen molar-refractivity contribution in [3.8, 4) is 0 Å². The molecule has 0 saturated carbocycles. The van der Waals surface area contributed by atoms with E-state index in [9.17, 15) is 0 Å². The van der Waals surface area contributed by atoms with Crippen LogP contribution in [0.25, 0.3) is 0 Å². The highest BCUT2D eigenvalue weighted by Crippen LogP contribution is 2.25. The first-order chi connectivity index (χ1) is 9.74. The molecule has 0 bridgehead atoms. The summed E-state index contributed by atoms with van der Waals surface area (Å²) in [4.78, 5) is 0. The molecule has 0 heterocycles. The minimum atomic E-state index is 0.710. The van der Waals surface area contributed by atoms with Crippen molar-refractivity contribution in [2.24, 2.45) is 11.8 Å². The second kappa shape index (κ2) is 15.4. The average molecular weight is 282 g/mol. The van der Waals surface area contributed by atoms with Crippen LogP contribution in [0.4, 0.5) is 0 Å². The van der Waals surface area contributed by atoms with E-state index in [2.05, 4.69) is 27.7 Å². The van der Waals surface area contributed by atoms with Gasteiger partial charge in [0.2, 0.25) is 0 Å². The van der Waals surface area contributed by atoms with Crippen LogP contribution in [0.1, 0.15) is 111 Å². The van der Waals surface area contributed by atoms with Crippen LogP contribution in [0.2, 0.25) is 0 Å².